The number of rotatable bonds is 4. The molecule has 132 valence electrons. The molecule has 0 N–H and O–H groups in total. The third-order valence-corrected chi connectivity index (χ3v) is 4.67. The Labute approximate surface area is 146 Å². The molecule has 4 rings (SSSR count). The van der Waals surface area contributed by atoms with Gasteiger partial charge in [-0.3, -0.25) is 9.48 Å². The van der Waals surface area contributed by atoms with Crippen LogP contribution in [0.2, 0.25) is 0 Å². The highest BCUT2D eigenvalue weighted by Gasteiger charge is 2.31. The second-order valence-corrected chi connectivity index (χ2v) is 6.23. The number of hydrogen-bond donors (Lipinski definition) is 0. The van der Waals surface area contributed by atoms with E-state index in [1.54, 1.807) is 25.4 Å². The molecule has 1 fully saturated rings. The Balaban J connectivity index is 1.59. The zero-order chi connectivity index (χ0) is 17.2. The largest absolute Gasteiger partial charge is 0.493 e. The summed E-state index contributed by atoms with van der Waals surface area (Å²) < 4.78 is 18.5. The number of carbonyl (C=O) groups is 1. The van der Waals surface area contributed by atoms with Gasteiger partial charge < -0.3 is 19.1 Å². The van der Waals surface area contributed by atoms with Crippen LogP contribution in [0, 0.1) is 0 Å². The third kappa shape index (κ3) is 3.01. The summed E-state index contributed by atoms with van der Waals surface area (Å²) in [5, 5.41) is 4.25. The first-order chi connectivity index (χ1) is 12.3. The molecule has 3 heterocycles. The number of aromatic nitrogens is 2. The molecule has 1 unspecified atom stereocenters. The maximum absolute atomic E-state index is 13.1. The molecule has 0 radical (unpaired) electrons. The van der Waals surface area contributed by atoms with E-state index in [0.717, 1.165) is 19.4 Å². The van der Waals surface area contributed by atoms with Gasteiger partial charge in [0.2, 0.25) is 5.75 Å². The molecule has 1 aromatic heterocycles. The normalized spacial score (nSPS) is 19.1. The summed E-state index contributed by atoms with van der Waals surface area (Å²) in [6.45, 7) is 2.41. The molecule has 1 aromatic carbocycles. The Bertz CT molecular complexity index is 743. The Morgan fingerprint density at radius 3 is 3.04 bits per heavy atom. The average molecular weight is 343 g/mol. The van der Waals surface area contributed by atoms with Gasteiger partial charge in [-0.1, -0.05) is 0 Å². The van der Waals surface area contributed by atoms with E-state index < -0.39 is 0 Å². The van der Waals surface area contributed by atoms with Crippen LogP contribution in [0.4, 0.5) is 0 Å². The van der Waals surface area contributed by atoms with E-state index in [2.05, 4.69) is 5.10 Å². The number of nitrogens with zero attached hydrogens (tertiary/aromatic N) is 3. The lowest BCUT2D eigenvalue weighted by atomic mass is 10.1. The molecule has 7 nitrogen and oxygen atoms in total. The maximum atomic E-state index is 13.1. The van der Waals surface area contributed by atoms with Crippen LogP contribution in [0.1, 0.15) is 23.2 Å². The minimum absolute atomic E-state index is 0.00932. The van der Waals surface area contributed by atoms with Gasteiger partial charge >= 0.3 is 0 Å². The predicted molar refractivity (Wildman–Crippen MR) is 90.3 cm³/mol. The highest BCUT2D eigenvalue weighted by Crippen LogP contribution is 2.41. The van der Waals surface area contributed by atoms with Gasteiger partial charge in [-0.25, -0.2) is 0 Å². The van der Waals surface area contributed by atoms with Crippen molar-refractivity contribution in [2.24, 2.45) is 0 Å². The van der Waals surface area contributed by atoms with Crippen molar-refractivity contribution in [1.82, 2.24) is 14.7 Å². The highest BCUT2D eigenvalue weighted by molar-refractivity contribution is 5.96. The summed E-state index contributed by atoms with van der Waals surface area (Å²) >= 11 is 0. The van der Waals surface area contributed by atoms with Gasteiger partial charge in [-0.05, 0) is 31.0 Å². The predicted octanol–water partition coefficient (Wildman–Crippen LogP) is 1.97. The first-order valence-electron chi connectivity index (χ1n) is 8.52. The molecule has 2 aliphatic heterocycles. The number of hydrogen-bond acceptors (Lipinski definition) is 5. The zero-order valence-electron chi connectivity index (χ0n) is 14.2. The molecule has 0 spiro atoms. The van der Waals surface area contributed by atoms with Crippen molar-refractivity contribution in [3.63, 3.8) is 0 Å². The SMILES string of the molecule is COc1cc(C(=O)N2CCCC2Cn2cccn2)cc2c1OCCO2. The Morgan fingerprint density at radius 1 is 1.36 bits per heavy atom. The summed E-state index contributed by atoms with van der Waals surface area (Å²) in [6.07, 6.45) is 5.66. The summed E-state index contributed by atoms with van der Waals surface area (Å²) in [5.74, 6) is 1.66. The van der Waals surface area contributed by atoms with E-state index in [0.29, 0.717) is 42.6 Å². The van der Waals surface area contributed by atoms with E-state index in [1.165, 1.54) is 0 Å². The quantitative estimate of drug-likeness (QED) is 0.849. The number of benzene rings is 1. The van der Waals surface area contributed by atoms with Crippen LogP contribution in [-0.2, 0) is 6.54 Å². The molecule has 2 aromatic rings. The van der Waals surface area contributed by atoms with E-state index in [1.807, 2.05) is 21.8 Å². The fourth-order valence-electron chi connectivity index (χ4n) is 3.48. The summed E-state index contributed by atoms with van der Waals surface area (Å²) in [6, 6.07) is 5.53. The van der Waals surface area contributed by atoms with Crippen LogP contribution in [-0.4, -0.2) is 53.5 Å². The zero-order valence-corrected chi connectivity index (χ0v) is 14.2. The molecular weight excluding hydrogens is 322 g/mol. The van der Waals surface area contributed by atoms with Crippen LogP contribution >= 0.6 is 0 Å². The van der Waals surface area contributed by atoms with Gasteiger partial charge in [0.15, 0.2) is 11.5 Å². The Kier molecular flexibility index (Phi) is 4.21. The first-order valence-corrected chi connectivity index (χ1v) is 8.52. The fraction of sp³-hybridized carbons (Fsp3) is 0.444. The van der Waals surface area contributed by atoms with Gasteiger partial charge in [0.1, 0.15) is 13.2 Å². The van der Waals surface area contributed by atoms with Gasteiger partial charge in [-0.2, -0.15) is 5.10 Å². The molecule has 25 heavy (non-hydrogen) atoms. The molecule has 0 saturated carbocycles. The molecule has 1 atom stereocenters. The molecule has 0 bridgehead atoms. The molecule has 7 heteroatoms. The number of carbonyl (C=O) groups excluding carboxylic acids is 1. The number of amides is 1. The second-order valence-electron chi connectivity index (χ2n) is 6.23. The lowest BCUT2D eigenvalue weighted by Gasteiger charge is -2.26. The van der Waals surface area contributed by atoms with Gasteiger partial charge in [-0.15, -0.1) is 0 Å². The van der Waals surface area contributed by atoms with Crippen molar-refractivity contribution >= 4 is 5.91 Å². The lowest BCUT2D eigenvalue weighted by molar-refractivity contribution is 0.0720. The third-order valence-electron chi connectivity index (χ3n) is 4.67. The minimum atomic E-state index is -0.00932. The fourth-order valence-corrected chi connectivity index (χ4v) is 3.48. The lowest BCUT2D eigenvalue weighted by Crippen LogP contribution is -2.38. The average Bonchev–Trinajstić information content (AvgIpc) is 3.32. The smallest absolute Gasteiger partial charge is 0.254 e. The van der Waals surface area contributed by atoms with Gasteiger partial charge in [0.25, 0.3) is 5.91 Å². The topological polar surface area (TPSA) is 65.8 Å². The monoisotopic (exact) mass is 343 g/mol. The van der Waals surface area contributed by atoms with Crippen LogP contribution in [0.15, 0.2) is 30.6 Å². The maximum Gasteiger partial charge on any atom is 0.254 e. The van der Waals surface area contributed by atoms with Crippen LogP contribution < -0.4 is 14.2 Å². The van der Waals surface area contributed by atoms with Crippen LogP contribution in [0.3, 0.4) is 0 Å². The number of fused-ring (bicyclic) bond motifs is 1. The van der Waals surface area contributed by atoms with Crippen molar-refractivity contribution in [3.8, 4) is 17.2 Å². The van der Waals surface area contributed by atoms with Crippen LogP contribution in [0.5, 0.6) is 17.2 Å². The Hall–Kier alpha value is -2.70. The first kappa shape index (κ1) is 15.8. The summed E-state index contributed by atoms with van der Waals surface area (Å²) in [7, 11) is 1.57. The molecule has 1 amide bonds. The van der Waals surface area contributed by atoms with E-state index in [4.69, 9.17) is 14.2 Å². The summed E-state index contributed by atoms with van der Waals surface area (Å²) in [4.78, 5) is 15.0. The summed E-state index contributed by atoms with van der Waals surface area (Å²) in [5.41, 5.74) is 0.563. The Morgan fingerprint density at radius 2 is 2.24 bits per heavy atom. The number of likely N-dealkylation sites (tertiary alicyclic amines) is 1. The minimum Gasteiger partial charge on any atom is -0.493 e. The van der Waals surface area contributed by atoms with E-state index in [-0.39, 0.29) is 11.9 Å². The molecule has 2 aliphatic rings. The second kappa shape index (κ2) is 6.66. The van der Waals surface area contributed by atoms with E-state index >= 15 is 0 Å². The van der Waals surface area contributed by atoms with Crippen molar-refractivity contribution in [2.75, 3.05) is 26.9 Å². The molecular formula is C18H21N3O4. The van der Waals surface area contributed by atoms with Crippen LogP contribution in [0.25, 0.3) is 0 Å². The highest BCUT2D eigenvalue weighted by atomic mass is 16.6. The number of ether oxygens (including phenoxy) is 3. The molecule has 0 aliphatic carbocycles. The van der Waals surface area contributed by atoms with Crippen molar-refractivity contribution in [1.29, 1.82) is 0 Å². The van der Waals surface area contributed by atoms with E-state index in [9.17, 15) is 4.79 Å². The van der Waals surface area contributed by atoms with Crippen molar-refractivity contribution < 1.29 is 19.0 Å². The van der Waals surface area contributed by atoms with Crippen molar-refractivity contribution in [3.05, 3.63) is 36.2 Å². The van der Waals surface area contributed by atoms with Gasteiger partial charge in [0.05, 0.1) is 19.7 Å². The van der Waals surface area contributed by atoms with Gasteiger partial charge in [0, 0.05) is 24.5 Å². The number of methoxy groups -OCH3 is 1. The standard InChI is InChI=1S/C18H21N3O4/c1-23-15-10-13(11-16-17(15)25-9-8-24-16)18(22)21-7-2-4-14(21)12-20-6-3-5-19-20/h3,5-6,10-11,14H,2,4,7-9,12H2,1H3. The molecule has 1 saturated heterocycles. The van der Waals surface area contributed by atoms with Crippen molar-refractivity contribution in [2.45, 2.75) is 25.4 Å².